The number of nitrogens with zero attached hydrogens (tertiary/aromatic N) is 1. The van der Waals surface area contributed by atoms with E-state index in [1.54, 1.807) is 0 Å². The lowest BCUT2D eigenvalue weighted by molar-refractivity contribution is -0.114. The summed E-state index contributed by atoms with van der Waals surface area (Å²) in [6.45, 7) is 4.22. The summed E-state index contributed by atoms with van der Waals surface area (Å²) in [4.78, 5) is 13.2. The van der Waals surface area contributed by atoms with E-state index >= 15 is 0 Å². The molecule has 0 bridgehead atoms. The average Bonchev–Trinajstić information content (AvgIpc) is 2.43. The van der Waals surface area contributed by atoms with Crippen LogP contribution in [-0.2, 0) is 25.0 Å². The molecule has 0 aliphatic heterocycles. The molecule has 0 saturated carbocycles. The number of hydrogen-bond acceptors (Lipinski definition) is 7. The SMILES string of the molecule is C=Nc1c(S(=O)(=O)O)cc2cc(S(=O)(=O)O)cc(NC(C)=O)c2c1O. The number of phenolic OH excluding ortho intramolecular Hbond substituents is 1. The molecule has 2 aromatic rings. The second-order valence-corrected chi connectivity index (χ2v) is 7.74. The monoisotopic (exact) mass is 388 g/mol. The second-order valence-electron chi connectivity index (χ2n) is 4.93. The molecule has 10 nitrogen and oxygen atoms in total. The van der Waals surface area contributed by atoms with Gasteiger partial charge in [0.05, 0.1) is 10.6 Å². The minimum absolute atomic E-state index is 0.155. The van der Waals surface area contributed by atoms with E-state index in [0.29, 0.717) is 0 Å². The lowest BCUT2D eigenvalue weighted by Crippen LogP contribution is -2.08. The molecule has 12 heteroatoms. The fraction of sp³-hybridized carbons (Fsp3) is 0.0769. The van der Waals surface area contributed by atoms with Gasteiger partial charge in [-0.1, -0.05) is 0 Å². The Bertz CT molecular complexity index is 1120. The Hall–Kier alpha value is -2.54. The Balaban J connectivity index is 3.10. The first-order valence-corrected chi connectivity index (χ1v) is 9.27. The number of anilines is 1. The van der Waals surface area contributed by atoms with Crippen LogP contribution in [-0.4, -0.2) is 43.7 Å². The number of benzene rings is 2. The van der Waals surface area contributed by atoms with Gasteiger partial charge < -0.3 is 10.4 Å². The van der Waals surface area contributed by atoms with Crippen LogP contribution in [0.3, 0.4) is 0 Å². The van der Waals surface area contributed by atoms with E-state index in [0.717, 1.165) is 25.1 Å². The van der Waals surface area contributed by atoms with Gasteiger partial charge in [0.1, 0.15) is 10.6 Å². The van der Waals surface area contributed by atoms with E-state index in [1.165, 1.54) is 0 Å². The van der Waals surface area contributed by atoms with Crippen LogP contribution in [0.2, 0.25) is 0 Å². The molecule has 0 spiro atoms. The fourth-order valence-electron chi connectivity index (χ4n) is 2.25. The molecule has 0 heterocycles. The quantitative estimate of drug-likeness (QED) is 0.449. The zero-order valence-electron chi connectivity index (χ0n) is 12.6. The number of phenols is 1. The van der Waals surface area contributed by atoms with Crippen molar-refractivity contribution in [3.63, 3.8) is 0 Å². The Morgan fingerprint density at radius 2 is 1.72 bits per heavy atom. The highest BCUT2D eigenvalue weighted by molar-refractivity contribution is 7.86. The minimum Gasteiger partial charge on any atom is -0.505 e. The van der Waals surface area contributed by atoms with Gasteiger partial charge in [0.25, 0.3) is 20.2 Å². The summed E-state index contributed by atoms with van der Waals surface area (Å²) in [5.74, 6) is -1.38. The first kappa shape index (κ1) is 18.8. The van der Waals surface area contributed by atoms with Crippen LogP contribution in [0, 0.1) is 0 Å². The van der Waals surface area contributed by atoms with Crippen LogP contribution in [0.25, 0.3) is 10.8 Å². The largest absolute Gasteiger partial charge is 0.505 e. The lowest BCUT2D eigenvalue weighted by Gasteiger charge is -2.14. The van der Waals surface area contributed by atoms with E-state index in [1.807, 2.05) is 0 Å². The minimum atomic E-state index is -4.84. The third kappa shape index (κ3) is 3.61. The van der Waals surface area contributed by atoms with Gasteiger partial charge in [-0.05, 0) is 30.3 Å². The van der Waals surface area contributed by atoms with Crippen LogP contribution >= 0.6 is 0 Å². The van der Waals surface area contributed by atoms with Crippen LogP contribution < -0.4 is 5.32 Å². The first-order chi connectivity index (χ1) is 11.4. The van der Waals surface area contributed by atoms with Crippen LogP contribution in [0.1, 0.15) is 6.92 Å². The molecule has 0 saturated heterocycles. The molecule has 0 aliphatic carbocycles. The maximum atomic E-state index is 11.5. The average molecular weight is 388 g/mol. The molecule has 4 N–H and O–H groups in total. The Kier molecular flexibility index (Phi) is 4.57. The summed E-state index contributed by atoms with van der Waals surface area (Å²) in [5.41, 5.74) is -0.803. The van der Waals surface area contributed by atoms with Crippen molar-refractivity contribution >= 4 is 55.0 Å². The van der Waals surface area contributed by atoms with Gasteiger partial charge in [0.15, 0.2) is 5.75 Å². The zero-order valence-corrected chi connectivity index (χ0v) is 14.2. The molecule has 0 aliphatic rings. The number of nitrogens with one attached hydrogen (secondary N) is 1. The molecule has 0 atom stereocenters. The van der Waals surface area contributed by atoms with E-state index in [2.05, 4.69) is 17.0 Å². The predicted molar refractivity (Wildman–Crippen MR) is 88.8 cm³/mol. The van der Waals surface area contributed by atoms with Crippen molar-refractivity contribution in [3.8, 4) is 5.75 Å². The van der Waals surface area contributed by atoms with Gasteiger partial charge in [-0.3, -0.25) is 18.9 Å². The summed E-state index contributed by atoms with van der Waals surface area (Å²) < 4.78 is 64.2. The molecule has 25 heavy (non-hydrogen) atoms. The number of rotatable bonds is 4. The van der Waals surface area contributed by atoms with Crippen molar-refractivity contribution in [2.75, 3.05) is 5.32 Å². The highest BCUT2D eigenvalue weighted by atomic mass is 32.2. The van der Waals surface area contributed by atoms with E-state index < -0.39 is 47.4 Å². The molecule has 2 aromatic carbocycles. The molecule has 0 aromatic heterocycles. The molecule has 2 rings (SSSR count). The van der Waals surface area contributed by atoms with Crippen LogP contribution in [0.5, 0.6) is 5.75 Å². The lowest BCUT2D eigenvalue weighted by atomic mass is 10.1. The third-order valence-corrected chi connectivity index (χ3v) is 4.87. The van der Waals surface area contributed by atoms with Gasteiger partial charge in [-0.2, -0.15) is 16.8 Å². The standard InChI is InChI=1S/C13H12N2O8S2/c1-6(16)15-9-5-8(24(18,19)20)3-7-4-10(25(21,22)23)12(14-2)13(17)11(7)9/h3-5,17H,2H2,1H3,(H,15,16)(H,18,19,20)(H,21,22,23). The molecule has 0 unspecified atom stereocenters. The number of hydrogen-bond donors (Lipinski definition) is 4. The number of amides is 1. The maximum Gasteiger partial charge on any atom is 0.296 e. The maximum absolute atomic E-state index is 11.5. The topological polar surface area (TPSA) is 170 Å². The summed E-state index contributed by atoms with van der Waals surface area (Å²) in [6.07, 6.45) is 0. The third-order valence-electron chi connectivity index (χ3n) is 3.17. The number of aliphatic imine (C=N–C) groups is 1. The van der Waals surface area contributed by atoms with Gasteiger partial charge in [-0.15, -0.1) is 0 Å². The smallest absolute Gasteiger partial charge is 0.296 e. The van der Waals surface area contributed by atoms with Crippen LogP contribution in [0.15, 0.2) is 33.0 Å². The molecule has 1 amide bonds. The Morgan fingerprint density at radius 3 is 2.16 bits per heavy atom. The number of carbonyl (C=O) groups is 1. The normalized spacial score (nSPS) is 12.1. The van der Waals surface area contributed by atoms with E-state index in [4.69, 9.17) is 0 Å². The Labute approximate surface area is 142 Å². The van der Waals surface area contributed by atoms with Gasteiger partial charge >= 0.3 is 0 Å². The highest BCUT2D eigenvalue weighted by Crippen LogP contribution is 2.44. The molecule has 0 radical (unpaired) electrons. The van der Waals surface area contributed by atoms with Gasteiger partial charge in [0, 0.05) is 12.3 Å². The van der Waals surface area contributed by atoms with Gasteiger partial charge in [0.2, 0.25) is 5.91 Å². The van der Waals surface area contributed by atoms with Crippen molar-refractivity contribution in [3.05, 3.63) is 18.2 Å². The number of fused-ring (bicyclic) bond motifs is 1. The summed E-state index contributed by atoms with van der Waals surface area (Å²) in [7, 11) is -9.55. The summed E-state index contributed by atoms with van der Waals surface area (Å²) in [6, 6.07) is 2.56. The van der Waals surface area contributed by atoms with Crippen molar-refractivity contribution in [1.29, 1.82) is 0 Å². The zero-order chi connectivity index (χ0) is 19.2. The van der Waals surface area contributed by atoms with E-state index in [-0.39, 0.29) is 16.5 Å². The first-order valence-electron chi connectivity index (χ1n) is 6.39. The van der Waals surface area contributed by atoms with Crippen molar-refractivity contribution in [2.45, 2.75) is 16.7 Å². The fourth-order valence-corrected chi connectivity index (χ4v) is 3.47. The Morgan fingerprint density at radius 1 is 1.12 bits per heavy atom. The van der Waals surface area contributed by atoms with E-state index in [9.17, 15) is 35.8 Å². The summed E-state index contributed by atoms with van der Waals surface area (Å²) >= 11 is 0. The highest BCUT2D eigenvalue weighted by Gasteiger charge is 2.24. The van der Waals surface area contributed by atoms with Crippen molar-refractivity contribution in [2.24, 2.45) is 4.99 Å². The second kappa shape index (κ2) is 6.07. The van der Waals surface area contributed by atoms with Crippen molar-refractivity contribution in [1.82, 2.24) is 0 Å². The van der Waals surface area contributed by atoms with Crippen LogP contribution in [0.4, 0.5) is 11.4 Å². The summed E-state index contributed by atoms with van der Waals surface area (Å²) in [5, 5.41) is 12.2. The number of carbonyl (C=O) groups excluding carboxylic acids is 1. The predicted octanol–water partition coefficient (Wildman–Crippen LogP) is 1.33. The molecule has 134 valence electrons. The molecule has 0 fully saturated rings. The number of aromatic hydroxyl groups is 1. The molecular formula is C13H12N2O8S2. The van der Waals surface area contributed by atoms with Gasteiger partial charge in [-0.25, -0.2) is 0 Å². The van der Waals surface area contributed by atoms with Crippen molar-refractivity contribution < 1.29 is 35.8 Å². The molecular weight excluding hydrogens is 376 g/mol.